The molecule has 0 radical (unpaired) electrons. The van der Waals surface area contributed by atoms with E-state index in [0.29, 0.717) is 12.5 Å². The highest BCUT2D eigenvalue weighted by Crippen LogP contribution is 2.36. The van der Waals surface area contributed by atoms with Gasteiger partial charge < -0.3 is 10.6 Å². The summed E-state index contributed by atoms with van der Waals surface area (Å²) >= 11 is 0. The monoisotopic (exact) mass is 429 g/mol. The summed E-state index contributed by atoms with van der Waals surface area (Å²) in [6.45, 7) is 2.22. The lowest BCUT2D eigenvalue weighted by Crippen LogP contribution is -2.42. The fraction of sp³-hybridized carbons (Fsp3) is 0.929. The van der Waals surface area contributed by atoms with E-state index in [1.165, 1.54) is 19.1 Å². The molecule has 0 unspecified atom stereocenters. The topological polar surface area (TPSA) is 75.8 Å². The van der Waals surface area contributed by atoms with Gasteiger partial charge in [0.1, 0.15) is 0 Å². The van der Waals surface area contributed by atoms with Crippen molar-refractivity contribution in [3.63, 3.8) is 0 Å². The van der Waals surface area contributed by atoms with Crippen molar-refractivity contribution < 1.29 is 8.42 Å². The molecule has 0 aromatic heterocycles. The lowest BCUT2D eigenvalue weighted by molar-refractivity contribution is 0.426. The molecule has 1 heterocycles. The van der Waals surface area contributed by atoms with Gasteiger partial charge in [-0.2, -0.15) is 0 Å². The summed E-state index contributed by atoms with van der Waals surface area (Å²) in [5, 5.41) is 0. The number of rotatable bonds is 3. The first-order valence-electron chi connectivity index (χ1n) is 7.69. The fourth-order valence-corrected chi connectivity index (χ4v) is 4.62. The molecular weight excluding hydrogens is 401 g/mol. The molecule has 7 heteroatoms. The summed E-state index contributed by atoms with van der Waals surface area (Å²) in [6.07, 6.45) is 9.54. The molecule has 21 heavy (non-hydrogen) atoms. The number of nitrogens with zero attached hydrogens (tertiary/aromatic N) is 2. The van der Waals surface area contributed by atoms with Gasteiger partial charge in [0.05, 0.1) is 11.3 Å². The summed E-state index contributed by atoms with van der Waals surface area (Å²) in [6, 6.07) is 0. The van der Waals surface area contributed by atoms with E-state index < -0.39 is 14.6 Å². The summed E-state index contributed by atoms with van der Waals surface area (Å²) in [4.78, 5) is 6.56. The third-order valence-corrected chi connectivity index (χ3v) is 6.87. The highest BCUT2D eigenvalue weighted by atomic mass is 127. The summed E-state index contributed by atoms with van der Waals surface area (Å²) in [5.41, 5.74) is 6.08. The van der Waals surface area contributed by atoms with E-state index in [2.05, 4.69) is 9.89 Å². The number of halogens is 1. The lowest BCUT2D eigenvalue weighted by Gasteiger charge is -2.27. The van der Waals surface area contributed by atoms with Crippen LogP contribution in [0.4, 0.5) is 0 Å². The molecule has 2 aliphatic rings. The van der Waals surface area contributed by atoms with Crippen LogP contribution in [0.1, 0.15) is 51.4 Å². The van der Waals surface area contributed by atoms with Crippen LogP contribution in [0.2, 0.25) is 0 Å². The predicted octanol–water partition coefficient (Wildman–Crippen LogP) is 2.15. The molecule has 1 saturated heterocycles. The third-order valence-electron chi connectivity index (χ3n) is 4.76. The Morgan fingerprint density at radius 3 is 2.10 bits per heavy atom. The predicted molar refractivity (Wildman–Crippen MR) is 98.0 cm³/mol. The van der Waals surface area contributed by atoms with Gasteiger partial charge in [0, 0.05) is 19.3 Å². The van der Waals surface area contributed by atoms with Gasteiger partial charge in [0.15, 0.2) is 15.8 Å². The zero-order valence-corrected chi connectivity index (χ0v) is 16.0. The van der Waals surface area contributed by atoms with E-state index in [1.807, 2.05) is 0 Å². The van der Waals surface area contributed by atoms with Gasteiger partial charge in [-0.05, 0) is 25.7 Å². The van der Waals surface area contributed by atoms with Crippen LogP contribution in [0.25, 0.3) is 0 Å². The fourth-order valence-electron chi connectivity index (χ4n) is 3.29. The Bertz CT molecular complexity index is 451. The Morgan fingerprint density at radius 2 is 1.62 bits per heavy atom. The maximum atomic E-state index is 12.1. The summed E-state index contributed by atoms with van der Waals surface area (Å²) in [5.74, 6) is 0.529. The first-order chi connectivity index (χ1) is 9.45. The average Bonchev–Trinajstić information content (AvgIpc) is 2.71. The van der Waals surface area contributed by atoms with Gasteiger partial charge >= 0.3 is 0 Å². The number of hydrogen-bond donors (Lipinski definition) is 1. The molecule has 0 atom stereocenters. The van der Waals surface area contributed by atoms with Crippen LogP contribution in [0.3, 0.4) is 0 Å². The van der Waals surface area contributed by atoms with E-state index in [4.69, 9.17) is 5.73 Å². The zero-order valence-electron chi connectivity index (χ0n) is 12.9. The van der Waals surface area contributed by atoms with Gasteiger partial charge in [-0.3, -0.25) is 4.99 Å². The number of hydrogen-bond acceptors (Lipinski definition) is 3. The van der Waals surface area contributed by atoms with Crippen LogP contribution in [-0.2, 0) is 9.84 Å². The van der Waals surface area contributed by atoms with Crippen molar-refractivity contribution in [2.24, 2.45) is 10.7 Å². The van der Waals surface area contributed by atoms with Crippen molar-refractivity contribution in [3.05, 3.63) is 0 Å². The molecule has 0 amide bonds. The van der Waals surface area contributed by atoms with Crippen LogP contribution in [0.5, 0.6) is 0 Å². The maximum absolute atomic E-state index is 12.1. The second kappa shape index (κ2) is 7.99. The van der Waals surface area contributed by atoms with Crippen LogP contribution in [0.15, 0.2) is 4.99 Å². The molecule has 124 valence electrons. The van der Waals surface area contributed by atoms with Gasteiger partial charge in [0.2, 0.25) is 0 Å². The Morgan fingerprint density at radius 1 is 1.10 bits per heavy atom. The lowest BCUT2D eigenvalue weighted by atomic mass is 10.1. The van der Waals surface area contributed by atoms with Gasteiger partial charge in [-0.15, -0.1) is 24.0 Å². The van der Waals surface area contributed by atoms with E-state index in [-0.39, 0.29) is 24.0 Å². The molecule has 1 aliphatic carbocycles. The summed E-state index contributed by atoms with van der Waals surface area (Å²) < 4.78 is 23.5. The van der Waals surface area contributed by atoms with Gasteiger partial charge in [-0.1, -0.05) is 25.7 Å². The molecule has 0 bridgehead atoms. The number of guanidine groups is 1. The first kappa shape index (κ1) is 19.0. The number of likely N-dealkylation sites (tertiary alicyclic amines) is 1. The Hall–Kier alpha value is -0.0500. The molecule has 1 aliphatic heterocycles. The minimum Gasteiger partial charge on any atom is -0.370 e. The number of nitrogens with two attached hydrogens (primary N) is 1. The third kappa shape index (κ3) is 4.71. The molecule has 1 saturated carbocycles. The second-order valence-electron chi connectivity index (χ2n) is 6.24. The van der Waals surface area contributed by atoms with Crippen molar-refractivity contribution in [2.75, 3.05) is 25.9 Å². The molecule has 5 nitrogen and oxygen atoms in total. The molecular formula is C14H28IN3O2S. The molecule has 0 spiro atoms. The largest absolute Gasteiger partial charge is 0.370 e. The number of sulfone groups is 1. The first-order valence-corrected chi connectivity index (χ1v) is 9.58. The Kier molecular flexibility index (Phi) is 7.23. The Balaban J connectivity index is 0.00000220. The van der Waals surface area contributed by atoms with E-state index in [0.717, 1.165) is 51.6 Å². The van der Waals surface area contributed by atoms with Crippen molar-refractivity contribution in [3.8, 4) is 0 Å². The van der Waals surface area contributed by atoms with Crippen LogP contribution >= 0.6 is 24.0 Å². The van der Waals surface area contributed by atoms with E-state index in [9.17, 15) is 8.42 Å². The van der Waals surface area contributed by atoms with Crippen molar-refractivity contribution in [1.82, 2.24) is 4.90 Å². The molecule has 2 fully saturated rings. The highest BCUT2D eigenvalue weighted by molar-refractivity contribution is 14.0. The summed E-state index contributed by atoms with van der Waals surface area (Å²) in [7, 11) is -3.08. The smallest absolute Gasteiger partial charge is 0.191 e. The zero-order chi connectivity index (χ0) is 14.6. The van der Waals surface area contributed by atoms with Crippen LogP contribution in [-0.4, -0.2) is 49.9 Å². The maximum Gasteiger partial charge on any atom is 0.191 e. The van der Waals surface area contributed by atoms with Crippen LogP contribution < -0.4 is 5.73 Å². The van der Waals surface area contributed by atoms with E-state index in [1.54, 1.807) is 0 Å². The van der Waals surface area contributed by atoms with Crippen molar-refractivity contribution in [2.45, 2.75) is 56.1 Å². The van der Waals surface area contributed by atoms with Crippen LogP contribution in [0, 0.1) is 0 Å². The second-order valence-corrected chi connectivity index (χ2v) is 8.65. The van der Waals surface area contributed by atoms with Crippen molar-refractivity contribution in [1.29, 1.82) is 0 Å². The van der Waals surface area contributed by atoms with Crippen molar-refractivity contribution >= 4 is 39.8 Å². The molecule has 0 aromatic carbocycles. The number of aliphatic imine (C=N–C) groups is 1. The SMILES string of the molecule is CS(=O)(=O)C1(CN=C(N)N2CCCCCC2)CCCC1.I. The van der Waals surface area contributed by atoms with Gasteiger partial charge in [-0.25, -0.2) is 8.42 Å². The average molecular weight is 429 g/mol. The quantitative estimate of drug-likeness (QED) is 0.424. The van der Waals surface area contributed by atoms with E-state index >= 15 is 0 Å². The standard InChI is InChI=1S/C14H27N3O2S.HI/c1-20(18,19)14(8-4-5-9-14)12-16-13(15)17-10-6-2-3-7-11-17;/h2-12H2,1H3,(H2,15,16);1H. The normalized spacial score (nSPS) is 23.5. The molecule has 2 rings (SSSR count). The molecule has 0 aromatic rings. The highest BCUT2D eigenvalue weighted by Gasteiger charge is 2.43. The Labute approximate surface area is 145 Å². The minimum atomic E-state index is -3.08. The van der Waals surface area contributed by atoms with Gasteiger partial charge in [0.25, 0.3) is 0 Å². The minimum absolute atomic E-state index is 0. The molecule has 2 N–H and O–H groups in total.